The van der Waals surface area contributed by atoms with E-state index in [1.165, 1.54) is 17.2 Å². The summed E-state index contributed by atoms with van der Waals surface area (Å²) in [6.07, 6.45) is 6.48. The van der Waals surface area contributed by atoms with Gasteiger partial charge in [-0.1, -0.05) is 6.07 Å². The molecule has 0 spiro atoms. The molecule has 0 bridgehead atoms. The number of halogens is 2. The highest BCUT2D eigenvalue weighted by atomic mass is 19.2. The average molecular weight is 342 g/mol. The number of amides is 1. The Hall–Kier alpha value is -3.09. The van der Waals surface area contributed by atoms with Crippen LogP contribution in [0, 0.1) is 11.6 Å². The molecule has 0 aliphatic carbocycles. The second-order valence-electron chi connectivity index (χ2n) is 5.64. The molecule has 2 aromatic heterocycles. The van der Waals surface area contributed by atoms with E-state index in [0.717, 1.165) is 12.1 Å². The van der Waals surface area contributed by atoms with Gasteiger partial charge in [-0.15, -0.1) is 0 Å². The van der Waals surface area contributed by atoms with E-state index in [2.05, 4.69) is 9.97 Å². The summed E-state index contributed by atoms with van der Waals surface area (Å²) in [6, 6.07) is 6.58. The van der Waals surface area contributed by atoms with Crippen LogP contribution in [-0.2, 0) is 0 Å². The van der Waals surface area contributed by atoms with E-state index in [1.807, 2.05) is 0 Å². The van der Waals surface area contributed by atoms with Crippen LogP contribution in [0.15, 0.2) is 55.2 Å². The Morgan fingerprint density at radius 2 is 2.00 bits per heavy atom. The van der Waals surface area contributed by atoms with Gasteiger partial charge in [0.2, 0.25) is 0 Å². The first-order chi connectivity index (χ1) is 12.0. The molecular formula is C18H16F2N4O. The summed E-state index contributed by atoms with van der Waals surface area (Å²) in [5.74, 6) is -1.46. The van der Waals surface area contributed by atoms with Crippen molar-refractivity contribution in [2.75, 3.05) is 7.05 Å². The molecule has 1 unspecified atom stereocenters. The van der Waals surface area contributed by atoms with Crippen molar-refractivity contribution in [3.8, 4) is 5.82 Å². The van der Waals surface area contributed by atoms with Crippen LogP contribution in [-0.4, -0.2) is 32.4 Å². The van der Waals surface area contributed by atoms with Crippen molar-refractivity contribution in [3.63, 3.8) is 0 Å². The Morgan fingerprint density at radius 3 is 2.60 bits per heavy atom. The summed E-state index contributed by atoms with van der Waals surface area (Å²) in [7, 11) is 1.61. The summed E-state index contributed by atoms with van der Waals surface area (Å²) in [4.78, 5) is 22.3. The van der Waals surface area contributed by atoms with Gasteiger partial charge < -0.3 is 4.90 Å². The Bertz CT molecular complexity index is 879. The second kappa shape index (κ2) is 6.80. The molecule has 5 nitrogen and oxygen atoms in total. The van der Waals surface area contributed by atoms with E-state index in [0.29, 0.717) is 16.9 Å². The zero-order valence-electron chi connectivity index (χ0n) is 13.7. The van der Waals surface area contributed by atoms with Crippen LogP contribution in [0.3, 0.4) is 0 Å². The monoisotopic (exact) mass is 342 g/mol. The van der Waals surface area contributed by atoms with Crippen LogP contribution >= 0.6 is 0 Å². The van der Waals surface area contributed by atoms with Crippen LogP contribution < -0.4 is 0 Å². The van der Waals surface area contributed by atoms with Crippen molar-refractivity contribution in [1.29, 1.82) is 0 Å². The Labute approximate surface area is 143 Å². The molecule has 0 radical (unpaired) electrons. The third-order valence-electron chi connectivity index (χ3n) is 4.09. The third kappa shape index (κ3) is 3.40. The minimum absolute atomic E-state index is 0.262. The van der Waals surface area contributed by atoms with Crippen LogP contribution in [0.25, 0.3) is 5.82 Å². The van der Waals surface area contributed by atoms with E-state index in [4.69, 9.17) is 0 Å². The topological polar surface area (TPSA) is 51.0 Å². The van der Waals surface area contributed by atoms with Crippen molar-refractivity contribution in [2.45, 2.75) is 13.0 Å². The fourth-order valence-corrected chi connectivity index (χ4v) is 2.44. The maximum Gasteiger partial charge on any atom is 0.255 e. The molecule has 7 heteroatoms. The van der Waals surface area contributed by atoms with Crippen molar-refractivity contribution >= 4 is 5.91 Å². The number of imidazole rings is 1. The first-order valence-electron chi connectivity index (χ1n) is 7.64. The molecule has 128 valence electrons. The van der Waals surface area contributed by atoms with E-state index in [9.17, 15) is 13.6 Å². The fraction of sp³-hybridized carbons (Fsp3) is 0.167. The minimum Gasteiger partial charge on any atom is -0.335 e. The van der Waals surface area contributed by atoms with Gasteiger partial charge >= 0.3 is 0 Å². The molecule has 25 heavy (non-hydrogen) atoms. The third-order valence-corrected chi connectivity index (χ3v) is 4.09. The highest BCUT2D eigenvalue weighted by molar-refractivity contribution is 5.94. The second-order valence-corrected chi connectivity index (χ2v) is 5.64. The number of benzene rings is 1. The molecule has 0 N–H and O–H groups in total. The quantitative estimate of drug-likeness (QED) is 0.730. The molecule has 0 saturated heterocycles. The summed E-state index contributed by atoms with van der Waals surface area (Å²) in [6.45, 7) is 1.75. The normalized spacial score (nSPS) is 12.0. The maximum atomic E-state index is 13.4. The molecule has 1 amide bonds. The molecular weight excluding hydrogens is 326 g/mol. The van der Waals surface area contributed by atoms with Crippen LogP contribution in [0.2, 0.25) is 0 Å². The summed E-state index contributed by atoms with van der Waals surface area (Å²) in [5, 5.41) is 0. The van der Waals surface area contributed by atoms with Gasteiger partial charge in [0.15, 0.2) is 11.6 Å². The van der Waals surface area contributed by atoms with E-state index >= 15 is 0 Å². The Morgan fingerprint density at radius 1 is 1.20 bits per heavy atom. The molecule has 0 aliphatic rings. The maximum absolute atomic E-state index is 13.4. The predicted molar refractivity (Wildman–Crippen MR) is 88.2 cm³/mol. The number of carbonyl (C=O) groups excluding carboxylic acids is 1. The summed E-state index contributed by atoms with van der Waals surface area (Å²) in [5.41, 5.74) is 0.915. The molecule has 3 aromatic rings. The molecule has 0 fully saturated rings. The Kier molecular flexibility index (Phi) is 4.56. The van der Waals surface area contributed by atoms with Crippen LogP contribution in [0.1, 0.15) is 28.9 Å². The summed E-state index contributed by atoms with van der Waals surface area (Å²) < 4.78 is 28.2. The van der Waals surface area contributed by atoms with Crippen molar-refractivity contribution < 1.29 is 13.6 Å². The first-order valence-corrected chi connectivity index (χ1v) is 7.64. The molecule has 1 aromatic carbocycles. The van der Waals surface area contributed by atoms with E-state index < -0.39 is 17.7 Å². The molecule has 3 rings (SSSR count). The smallest absolute Gasteiger partial charge is 0.255 e. The van der Waals surface area contributed by atoms with Gasteiger partial charge in [-0.2, -0.15) is 0 Å². The summed E-state index contributed by atoms with van der Waals surface area (Å²) >= 11 is 0. The molecule has 2 heterocycles. The lowest BCUT2D eigenvalue weighted by Gasteiger charge is -2.25. The molecule has 0 aliphatic heterocycles. The molecule has 0 saturated carbocycles. The van der Waals surface area contributed by atoms with Crippen LogP contribution in [0.5, 0.6) is 0 Å². The number of nitrogens with zero attached hydrogens (tertiary/aromatic N) is 4. The number of rotatable bonds is 4. The SMILES string of the molecule is CC(c1ccc(F)c(F)c1)N(C)C(=O)c1ccc(-n2ccnc2)nc1. The van der Waals surface area contributed by atoms with Gasteiger partial charge in [0, 0.05) is 25.6 Å². The number of hydrogen-bond donors (Lipinski definition) is 0. The lowest BCUT2D eigenvalue weighted by molar-refractivity contribution is 0.0742. The Balaban J connectivity index is 1.78. The fourth-order valence-electron chi connectivity index (χ4n) is 2.44. The van der Waals surface area contributed by atoms with Gasteiger partial charge in [0.25, 0.3) is 5.91 Å². The zero-order valence-corrected chi connectivity index (χ0v) is 13.7. The highest BCUT2D eigenvalue weighted by Crippen LogP contribution is 2.22. The number of carbonyl (C=O) groups is 1. The predicted octanol–water partition coefficient (Wildman–Crippen LogP) is 3.38. The highest BCUT2D eigenvalue weighted by Gasteiger charge is 2.20. The van der Waals surface area contributed by atoms with Crippen molar-refractivity contribution in [3.05, 3.63) is 78.0 Å². The lowest BCUT2D eigenvalue weighted by Crippen LogP contribution is -2.29. The number of pyridine rings is 1. The van der Waals surface area contributed by atoms with E-state index in [-0.39, 0.29) is 5.91 Å². The standard InChI is InChI=1S/C18H16F2N4O/c1-12(13-3-5-15(19)16(20)9-13)23(2)18(25)14-4-6-17(22-10-14)24-8-7-21-11-24/h3-12H,1-2H3. The average Bonchev–Trinajstić information content (AvgIpc) is 3.17. The minimum atomic E-state index is -0.934. The number of hydrogen-bond acceptors (Lipinski definition) is 3. The van der Waals surface area contributed by atoms with Gasteiger partial charge in [0.05, 0.1) is 11.6 Å². The number of aromatic nitrogens is 3. The zero-order chi connectivity index (χ0) is 18.0. The molecule has 1 atom stereocenters. The van der Waals surface area contributed by atoms with Gasteiger partial charge in [-0.25, -0.2) is 18.7 Å². The van der Waals surface area contributed by atoms with E-state index in [1.54, 1.807) is 49.4 Å². The first kappa shape index (κ1) is 16.8. The van der Waals surface area contributed by atoms with Crippen molar-refractivity contribution in [1.82, 2.24) is 19.4 Å². The van der Waals surface area contributed by atoms with Crippen molar-refractivity contribution in [2.24, 2.45) is 0 Å². The largest absolute Gasteiger partial charge is 0.335 e. The van der Waals surface area contributed by atoms with Gasteiger partial charge in [-0.3, -0.25) is 9.36 Å². The van der Waals surface area contributed by atoms with Gasteiger partial charge in [0.1, 0.15) is 12.1 Å². The lowest BCUT2D eigenvalue weighted by atomic mass is 10.1. The van der Waals surface area contributed by atoms with Gasteiger partial charge in [-0.05, 0) is 36.8 Å². The van der Waals surface area contributed by atoms with Crippen LogP contribution in [0.4, 0.5) is 8.78 Å².